The molecule has 3 nitrogen and oxygen atoms in total. The lowest BCUT2D eigenvalue weighted by Gasteiger charge is -2.27. The van der Waals surface area contributed by atoms with Gasteiger partial charge in [0.25, 0.3) is 0 Å². The van der Waals surface area contributed by atoms with E-state index in [1.54, 1.807) is 0 Å². The maximum atomic E-state index is 13.4. The number of rotatable bonds is 6. The summed E-state index contributed by atoms with van der Waals surface area (Å²) < 4.78 is 117. The van der Waals surface area contributed by atoms with Crippen LogP contribution in [0.5, 0.6) is 5.75 Å². The molecule has 0 atom stereocenters. The van der Waals surface area contributed by atoms with Crippen LogP contribution in [0.3, 0.4) is 0 Å². The molecule has 26 heavy (non-hydrogen) atoms. The summed E-state index contributed by atoms with van der Waals surface area (Å²) in [7, 11) is 0. The van der Waals surface area contributed by atoms with Crippen molar-refractivity contribution >= 4 is 11.6 Å². The molecule has 0 aliphatic rings. The van der Waals surface area contributed by atoms with Gasteiger partial charge in [-0.15, -0.1) is 0 Å². The van der Waals surface area contributed by atoms with Crippen molar-refractivity contribution in [3.05, 3.63) is 23.8 Å². The van der Waals surface area contributed by atoms with Crippen LogP contribution in [0.25, 0.3) is 0 Å². The highest BCUT2D eigenvalue weighted by Crippen LogP contribution is 2.42. The Kier molecular flexibility index (Phi) is 6.09. The molecule has 148 valence electrons. The molecule has 0 heterocycles. The first-order chi connectivity index (χ1) is 11.6. The van der Waals surface area contributed by atoms with E-state index < -0.39 is 47.9 Å². The van der Waals surface area contributed by atoms with Gasteiger partial charge in [-0.25, -0.2) is 8.78 Å². The quantitative estimate of drug-likeness (QED) is 0.672. The van der Waals surface area contributed by atoms with E-state index in [1.807, 2.05) is 0 Å². The van der Waals surface area contributed by atoms with Crippen LogP contribution in [0.2, 0.25) is 0 Å². The van der Waals surface area contributed by atoms with Crippen LogP contribution in [-0.4, -0.2) is 30.5 Å². The fraction of sp³-hybridized carbons (Fsp3) is 0.500. The van der Waals surface area contributed by atoms with Crippen LogP contribution >= 0.6 is 0 Å². The van der Waals surface area contributed by atoms with Gasteiger partial charge in [0.1, 0.15) is 5.75 Å². The summed E-state index contributed by atoms with van der Waals surface area (Å²) >= 11 is 0. The molecule has 0 bridgehead atoms. The highest BCUT2D eigenvalue weighted by molar-refractivity contribution is 5.95. The van der Waals surface area contributed by atoms with Crippen LogP contribution in [0.1, 0.15) is 25.3 Å². The monoisotopic (exact) mass is 397 g/mol. The lowest BCUT2D eigenvalue weighted by molar-refractivity contribution is -0.342. The van der Waals surface area contributed by atoms with Crippen molar-refractivity contribution in [3.8, 4) is 5.75 Å². The minimum atomic E-state index is -5.80. The standard InChI is InChI=1S/C14H12F9NO2/c1-6(2)8-5-7(24-11(25)13(19,20)21)3-4-9(8)26-14(22,23)12(17,18)10(15)16/h3-6,10H,1-2H3,(H,24,25). The number of nitrogens with one attached hydrogen (secondary N) is 1. The predicted molar refractivity (Wildman–Crippen MR) is 71.7 cm³/mol. The van der Waals surface area contributed by atoms with Gasteiger partial charge >= 0.3 is 30.5 Å². The Morgan fingerprint density at radius 1 is 1.04 bits per heavy atom. The van der Waals surface area contributed by atoms with Crippen LogP contribution in [0.15, 0.2) is 18.2 Å². The van der Waals surface area contributed by atoms with Gasteiger partial charge in [0, 0.05) is 5.69 Å². The van der Waals surface area contributed by atoms with Crippen molar-refractivity contribution in [2.45, 2.75) is 44.4 Å². The summed E-state index contributed by atoms with van der Waals surface area (Å²) in [5.41, 5.74) is -0.790. The van der Waals surface area contributed by atoms with Crippen molar-refractivity contribution in [1.29, 1.82) is 0 Å². The summed E-state index contributed by atoms with van der Waals surface area (Å²) in [4.78, 5) is 10.9. The van der Waals surface area contributed by atoms with Gasteiger partial charge in [0.2, 0.25) is 0 Å². The molecule has 1 rings (SSSR count). The van der Waals surface area contributed by atoms with Gasteiger partial charge in [0.15, 0.2) is 0 Å². The molecule has 0 saturated carbocycles. The highest BCUT2D eigenvalue weighted by atomic mass is 19.4. The Balaban J connectivity index is 3.20. The predicted octanol–water partition coefficient (Wildman–Crippen LogP) is 5.18. The van der Waals surface area contributed by atoms with E-state index in [-0.39, 0.29) is 5.56 Å². The van der Waals surface area contributed by atoms with E-state index in [9.17, 15) is 44.3 Å². The highest BCUT2D eigenvalue weighted by Gasteiger charge is 2.66. The zero-order valence-corrected chi connectivity index (χ0v) is 13.1. The number of amides is 1. The summed E-state index contributed by atoms with van der Waals surface area (Å²) in [5, 5.41) is 1.44. The molecule has 1 N–H and O–H groups in total. The van der Waals surface area contributed by atoms with Gasteiger partial charge in [-0.3, -0.25) is 4.79 Å². The molecule has 0 saturated heterocycles. The molecule has 1 aromatic carbocycles. The number of hydrogen-bond donors (Lipinski definition) is 1. The van der Waals surface area contributed by atoms with Gasteiger partial charge in [0.05, 0.1) is 0 Å². The number of alkyl halides is 9. The summed E-state index contributed by atoms with van der Waals surface area (Å²) in [6.07, 6.45) is -15.5. The molecule has 0 aliphatic heterocycles. The molecule has 12 heteroatoms. The average molecular weight is 397 g/mol. The van der Waals surface area contributed by atoms with E-state index >= 15 is 0 Å². The molecule has 0 radical (unpaired) electrons. The lowest BCUT2D eigenvalue weighted by atomic mass is 10.0. The normalized spacial score (nSPS) is 13.3. The molecule has 0 unspecified atom stereocenters. The van der Waals surface area contributed by atoms with Gasteiger partial charge in [-0.2, -0.15) is 30.7 Å². The molecule has 1 aromatic rings. The largest absolute Gasteiger partial charge is 0.471 e. The van der Waals surface area contributed by atoms with Crippen LogP contribution in [0.4, 0.5) is 45.2 Å². The average Bonchev–Trinajstić information content (AvgIpc) is 2.46. The number of carbonyl (C=O) groups excluding carboxylic acids is 1. The summed E-state index contributed by atoms with van der Waals surface area (Å²) in [6.45, 7) is 2.70. The molecular weight excluding hydrogens is 385 g/mol. The van der Waals surface area contributed by atoms with Gasteiger partial charge < -0.3 is 10.1 Å². The third kappa shape index (κ3) is 4.73. The van der Waals surface area contributed by atoms with E-state index in [0.717, 1.165) is 6.07 Å². The molecule has 0 aliphatic carbocycles. The Labute approximate surface area is 141 Å². The Morgan fingerprint density at radius 2 is 1.58 bits per heavy atom. The lowest BCUT2D eigenvalue weighted by Crippen LogP contribution is -2.50. The molecule has 0 fully saturated rings. The topological polar surface area (TPSA) is 38.3 Å². The SMILES string of the molecule is CC(C)c1cc(NC(=O)C(F)(F)F)ccc1OC(F)(F)C(F)(F)C(F)F. The maximum absolute atomic E-state index is 13.4. The number of ether oxygens (including phenoxy) is 1. The number of anilines is 1. The van der Waals surface area contributed by atoms with E-state index in [0.29, 0.717) is 12.1 Å². The minimum Gasteiger partial charge on any atom is -0.428 e. The summed E-state index contributed by atoms with van der Waals surface area (Å²) in [5.74, 6) is -9.85. The molecule has 0 aromatic heterocycles. The summed E-state index contributed by atoms with van der Waals surface area (Å²) in [6, 6.07) is 2.01. The Bertz CT molecular complexity index is 656. The number of halogens is 9. The van der Waals surface area contributed by atoms with Gasteiger partial charge in [-0.05, 0) is 29.7 Å². The van der Waals surface area contributed by atoms with Crippen molar-refractivity contribution < 1.29 is 49.0 Å². The molecule has 0 spiro atoms. The fourth-order valence-electron chi connectivity index (χ4n) is 1.71. The third-order valence-corrected chi connectivity index (χ3v) is 3.05. The minimum absolute atomic E-state index is 0.310. The third-order valence-electron chi connectivity index (χ3n) is 3.05. The first-order valence-corrected chi connectivity index (χ1v) is 6.84. The second-order valence-corrected chi connectivity index (χ2v) is 5.40. The first kappa shape index (κ1) is 21.9. The van der Waals surface area contributed by atoms with Crippen molar-refractivity contribution in [2.24, 2.45) is 0 Å². The van der Waals surface area contributed by atoms with Crippen LogP contribution in [-0.2, 0) is 4.79 Å². The van der Waals surface area contributed by atoms with E-state index in [2.05, 4.69) is 4.74 Å². The zero-order chi connectivity index (χ0) is 20.5. The molecular formula is C14H12F9NO2. The zero-order valence-electron chi connectivity index (χ0n) is 13.1. The number of benzene rings is 1. The maximum Gasteiger partial charge on any atom is 0.471 e. The number of carbonyl (C=O) groups is 1. The number of hydrogen-bond acceptors (Lipinski definition) is 2. The second kappa shape index (κ2) is 7.23. The smallest absolute Gasteiger partial charge is 0.428 e. The fourth-order valence-corrected chi connectivity index (χ4v) is 1.71. The van der Waals surface area contributed by atoms with Crippen molar-refractivity contribution in [1.82, 2.24) is 0 Å². The first-order valence-electron chi connectivity index (χ1n) is 6.84. The second-order valence-electron chi connectivity index (χ2n) is 5.40. The van der Waals surface area contributed by atoms with Crippen molar-refractivity contribution in [3.63, 3.8) is 0 Å². The Morgan fingerprint density at radius 3 is 2.00 bits per heavy atom. The molecule has 1 amide bonds. The van der Waals surface area contributed by atoms with Crippen LogP contribution in [0, 0.1) is 0 Å². The van der Waals surface area contributed by atoms with Crippen LogP contribution < -0.4 is 10.1 Å². The van der Waals surface area contributed by atoms with E-state index in [4.69, 9.17) is 0 Å². The van der Waals surface area contributed by atoms with Gasteiger partial charge in [-0.1, -0.05) is 13.8 Å². The van der Waals surface area contributed by atoms with Crippen molar-refractivity contribution in [2.75, 3.05) is 5.32 Å². The van der Waals surface area contributed by atoms with E-state index in [1.165, 1.54) is 19.2 Å². The Hall–Kier alpha value is -2.14.